The van der Waals surface area contributed by atoms with E-state index in [0.29, 0.717) is 5.95 Å². The number of rotatable bonds is 2. The van der Waals surface area contributed by atoms with Gasteiger partial charge in [-0.1, -0.05) is 6.07 Å². The number of aryl methyl sites for hydroxylation is 1. The molecule has 0 spiro atoms. The van der Waals surface area contributed by atoms with Crippen molar-refractivity contribution in [2.45, 2.75) is 13.5 Å². The van der Waals surface area contributed by atoms with E-state index >= 15 is 0 Å². The van der Waals surface area contributed by atoms with Gasteiger partial charge in [-0.25, -0.2) is 9.97 Å². The molecule has 0 atom stereocenters. The standard InChI is InChI=1S/C14H14N4/c1-2-18-6-5-11-7-10(3-4-13(11)18)12-8-16-14(15)17-9-12/h3-9H,2H2,1H3,(H2,15,16,17). The summed E-state index contributed by atoms with van der Waals surface area (Å²) in [5.74, 6) is 0.303. The third kappa shape index (κ3) is 1.72. The van der Waals surface area contributed by atoms with Gasteiger partial charge in [-0.3, -0.25) is 0 Å². The van der Waals surface area contributed by atoms with Crippen LogP contribution in [-0.2, 0) is 6.54 Å². The van der Waals surface area contributed by atoms with Crippen molar-refractivity contribution >= 4 is 16.9 Å². The van der Waals surface area contributed by atoms with E-state index in [4.69, 9.17) is 5.73 Å². The lowest BCUT2D eigenvalue weighted by atomic mass is 10.1. The normalized spacial score (nSPS) is 10.9. The Morgan fingerprint density at radius 1 is 1.11 bits per heavy atom. The maximum atomic E-state index is 5.49. The van der Waals surface area contributed by atoms with Gasteiger partial charge < -0.3 is 10.3 Å². The molecule has 0 fully saturated rings. The van der Waals surface area contributed by atoms with Gasteiger partial charge in [0.05, 0.1) is 0 Å². The van der Waals surface area contributed by atoms with E-state index in [9.17, 15) is 0 Å². The number of hydrogen-bond donors (Lipinski definition) is 1. The molecule has 3 aromatic rings. The zero-order valence-corrected chi connectivity index (χ0v) is 10.2. The Labute approximate surface area is 105 Å². The van der Waals surface area contributed by atoms with E-state index in [1.807, 2.05) is 0 Å². The van der Waals surface area contributed by atoms with Gasteiger partial charge in [-0.15, -0.1) is 0 Å². The maximum absolute atomic E-state index is 5.49. The van der Waals surface area contributed by atoms with Crippen LogP contribution in [0, 0.1) is 0 Å². The molecule has 0 aliphatic carbocycles. The highest BCUT2D eigenvalue weighted by Gasteiger charge is 2.03. The molecule has 0 aliphatic rings. The zero-order chi connectivity index (χ0) is 12.5. The summed E-state index contributed by atoms with van der Waals surface area (Å²) < 4.78 is 2.22. The van der Waals surface area contributed by atoms with Crippen molar-refractivity contribution in [3.8, 4) is 11.1 Å². The average molecular weight is 238 g/mol. The summed E-state index contributed by atoms with van der Waals surface area (Å²) in [4.78, 5) is 8.04. The zero-order valence-electron chi connectivity index (χ0n) is 10.2. The van der Waals surface area contributed by atoms with Crippen molar-refractivity contribution in [1.29, 1.82) is 0 Å². The van der Waals surface area contributed by atoms with Crippen LogP contribution in [0.4, 0.5) is 5.95 Å². The van der Waals surface area contributed by atoms with Crippen molar-refractivity contribution in [3.05, 3.63) is 42.9 Å². The fraction of sp³-hybridized carbons (Fsp3) is 0.143. The van der Waals surface area contributed by atoms with Crippen molar-refractivity contribution < 1.29 is 0 Å². The minimum atomic E-state index is 0.303. The van der Waals surface area contributed by atoms with Gasteiger partial charge in [0.1, 0.15) is 0 Å². The van der Waals surface area contributed by atoms with Crippen molar-refractivity contribution in [1.82, 2.24) is 14.5 Å². The number of hydrogen-bond acceptors (Lipinski definition) is 3. The smallest absolute Gasteiger partial charge is 0.219 e. The highest BCUT2D eigenvalue weighted by atomic mass is 15.0. The van der Waals surface area contributed by atoms with Crippen LogP contribution in [0.3, 0.4) is 0 Å². The first-order valence-electron chi connectivity index (χ1n) is 5.94. The minimum Gasteiger partial charge on any atom is -0.368 e. The molecule has 0 radical (unpaired) electrons. The van der Waals surface area contributed by atoms with Crippen LogP contribution >= 0.6 is 0 Å². The number of anilines is 1. The second-order valence-corrected chi connectivity index (χ2v) is 4.21. The Kier molecular flexibility index (Phi) is 2.48. The van der Waals surface area contributed by atoms with E-state index in [1.54, 1.807) is 12.4 Å². The highest BCUT2D eigenvalue weighted by molar-refractivity contribution is 5.85. The van der Waals surface area contributed by atoms with Crippen molar-refractivity contribution in [2.24, 2.45) is 0 Å². The van der Waals surface area contributed by atoms with Crippen LogP contribution < -0.4 is 5.73 Å². The van der Waals surface area contributed by atoms with Gasteiger partial charge >= 0.3 is 0 Å². The monoisotopic (exact) mass is 238 g/mol. The Balaban J connectivity index is 2.10. The lowest BCUT2D eigenvalue weighted by molar-refractivity contribution is 0.798. The fourth-order valence-electron chi connectivity index (χ4n) is 2.14. The molecule has 2 heterocycles. The molecular formula is C14H14N4. The van der Waals surface area contributed by atoms with Crippen LogP contribution in [0.1, 0.15) is 6.92 Å². The van der Waals surface area contributed by atoms with E-state index in [2.05, 4.69) is 51.9 Å². The van der Waals surface area contributed by atoms with Gasteiger partial charge in [0.25, 0.3) is 0 Å². The Bertz CT molecular complexity index is 683. The Morgan fingerprint density at radius 2 is 1.89 bits per heavy atom. The predicted molar refractivity (Wildman–Crippen MR) is 73.1 cm³/mol. The third-order valence-corrected chi connectivity index (χ3v) is 3.12. The highest BCUT2D eigenvalue weighted by Crippen LogP contribution is 2.24. The van der Waals surface area contributed by atoms with Gasteiger partial charge in [0.15, 0.2) is 0 Å². The SMILES string of the molecule is CCn1ccc2cc(-c3cnc(N)nc3)ccc21. The third-order valence-electron chi connectivity index (χ3n) is 3.12. The lowest BCUT2D eigenvalue weighted by Gasteiger charge is -2.04. The predicted octanol–water partition coefficient (Wildman–Crippen LogP) is 2.70. The quantitative estimate of drug-likeness (QED) is 0.746. The first-order chi connectivity index (χ1) is 8.78. The van der Waals surface area contributed by atoms with Gasteiger partial charge in [0.2, 0.25) is 5.95 Å². The van der Waals surface area contributed by atoms with Gasteiger partial charge in [-0.05, 0) is 30.7 Å². The molecule has 0 saturated carbocycles. The molecule has 90 valence electrons. The van der Waals surface area contributed by atoms with Gasteiger partial charge in [0, 0.05) is 41.6 Å². The van der Waals surface area contributed by atoms with Crippen molar-refractivity contribution in [2.75, 3.05) is 5.73 Å². The molecule has 3 rings (SSSR count). The van der Waals surface area contributed by atoms with Crippen molar-refractivity contribution in [3.63, 3.8) is 0 Å². The topological polar surface area (TPSA) is 56.7 Å². The number of aromatic nitrogens is 3. The summed E-state index contributed by atoms with van der Waals surface area (Å²) in [5, 5.41) is 1.23. The summed E-state index contributed by atoms with van der Waals surface area (Å²) >= 11 is 0. The first kappa shape index (κ1) is 10.8. The maximum Gasteiger partial charge on any atom is 0.219 e. The molecule has 2 N–H and O–H groups in total. The van der Waals surface area contributed by atoms with Gasteiger partial charge in [-0.2, -0.15) is 0 Å². The number of benzene rings is 1. The summed E-state index contributed by atoms with van der Waals surface area (Å²) in [6.07, 6.45) is 5.61. The summed E-state index contributed by atoms with van der Waals surface area (Å²) in [6, 6.07) is 8.49. The first-order valence-corrected chi connectivity index (χ1v) is 5.94. The van der Waals surface area contributed by atoms with Crippen LogP contribution in [0.2, 0.25) is 0 Å². The second kappa shape index (κ2) is 4.14. The Morgan fingerprint density at radius 3 is 2.61 bits per heavy atom. The summed E-state index contributed by atoms with van der Waals surface area (Å²) in [7, 11) is 0. The minimum absolute atomic E-state index is 0.303. The van der Waals surface area contributed by atoms with Crippen LogP contribution in [0.15, 0.2) is 42.9 Å². The molecule has 1 aromatic carbocycles. The Hall–Kier alpha value is -2.36. The van der Waals surface area contributed by atoms with E-state index < -0.39 is 0 Å². The average Bonchev–Trinajstić information content (AvgIpc) is 2.81. The van der Waals surface area contributed by atoms with E-state index in [-0.39, 0.29) is 0 Å². The van der Waals surface area contributed by atoms with E-state index in [1.165, 1.54) is 10.9 Å². The summed E-state index contributed by atoms with van der Waals surface area (Å²) in [5.41, 5.74) is 8.83. The second-order valence-electron chi connectivity index (χ2n) is 4.21. The number of fused-ring (bicyclic) bond motifs is 1. The largest absolute Gasteiger partial charge is 0.368 e. The molecule has 4 nitrogen and oxygen atoms in total. The van der Waals surface area contributed by atoms with Crippen LogP contribution in [-0.4, -0.2) is 14.5 Å². The lowest BCUT2D eigenvalue weighted by Crippen LogP contribution is -1.93. The molecule has 0 saturated heterocycles. The molecule has 18 heavy (non-hydrogen) atoms. The molecule has 0 aliphatic heterocycles. The number of nitrogen functional groups attached to an aromatic ring is 1. The number of nitrogens with two attached hydrogens (primary N) is 1. The fourth-order valence-corrected chi connectivity index (χ4v) is 2.14. The van der Waals surface area contributed by atoms with Crippen LogP contribution in [0.25, 0.3) is 22.0 Å². The molecule has 2 aromatic heterocycles. The number of nitrogens with zero attached hydrogens (tertiary/aromatic N) is 3. The van der Waals surface area contributed by atoms with E-state index in [0.717, 1.165) is 17.7 Å². The molecule has 0 amide bonds. The molecular weight excluding hydrogens is 224 g/mol. The molecule has 0 unspecified atom stereocenters. The molecule has 0 bridgehead atoms. The van der Waals surface area contributed by atoms with Crippen LogP contribution in [0.5, 0.6) is 0 Å². The molecule has 4 heteroatoms. The summed E-state index contributed by atoms with van der Waals surface area (Å²) in [6.45, 7) is 3.12.